The Hall–Kier alpha value is -0.290. The molecule has 0 heterocycles. The van der Waals surface area contributed by atoms with Crippen LogP contribution in [0.5, 0.6) is 0 Å². The fourth-order valence-electron chi connectivity index (χ4n) is 0.974. The maximum Gasteiger partial charge on any atom is 0.411 e. The summed E-state index contributed by atoms with van der Waals surface area (Å²) in [6, 6.07) is 0.326. The Morgan fingerprint density at radius 1 is 1.13 bits per heavy atom. The predicted octanol–water partition coefficient (Wildman–Crippen LogP) is 2.59. The van der Waals surface area contributed by atoms with E-state index in [1.807, 2.05) is 27.7 Å². The molecule has 15 heavy (non-hydrogen) atoms. The Morgan fingerprint density at radius 2 is 1.67 bits per heavy atom. The van der Waals surface area contributed by atoms with Crippen LogP contribution in [0.15, 0.2) is 0 Å². The van der Waals surface area contributed by atoms with Crippen LogP contribution in [0.3, 0.4) is 0 Å². The van der Waals surface area contributed by atoms with Crippen molar-refractivity contribution in [2.75, 3.05) is 19.8 Å². The van der Waals surface area contributed by atoms with E-state index >= 15 is 0 Å². The van der Waals surface area contributed by atoms with E-state index in [-0.39, 0.29) is 12.0 Å². The number of hydrogen-bond acceptors (Lipinski definition) is 2. The van der Waals surface area contributed by atoms with Gasteiger partial charge in [-0.05, 0) is 0 Å². The number of ether oxygens (including phenoxy) is 1. The molecule has 5 heteroatoms. The molecule has 0 bridgehead atoms. The summed E-state index contributed by atoms with van der Waals surface area (Å²) < 4.78 is 40.0. The molecule has 0 aliphatic heterocycles. The molecule has 0 saturated heterocycles. The van der Waals surface area contributed by atoms with E-state index in [9.17, 15) is 13.2 Å². The molecule has 0 unspecified atom stereocenters. The number of hydrogen-bond donors (Lipinski definition) is 1. The first-order valence-corrected chi connectivity index (χ1v) is 5.00. The van der Waals surface area contributed by atoms with E-state index in [4.69, 9.17) is 0 Å². The molecule has 0 rings (SSSR count). The van der Waals surface area contributed by atoms with Crippen LogP contribution in [0.2, 0.25) is 0 Å². The van der Waals surface area contributed by atoms with Gasteiger partial charge in [0, 0.05) is 18.0 Å². The van der Waals surface area contributed by atoms with E-state index in [1.54, 1.807) is 0 Å². The van der Waals surface area contributed by atoms with Gasteiger partial charge < -0.3 is 10.1 Å². The van der Waals surface area contributed by atoms with E-state index in [1.165, 1.54) is 0 Å². The highest BCUT2D eigenvalue weighted by Crippen LogP contribution is 2.18. The van der Waals surface area contributed by atoms with E-state index in [0.717, 1.165) is 0 Å². The Labute approximate surface area is 89.2 Å². The zero-order chi connectivity index (χ0) is 12.1. The van der Waals surface area contributed by atoms with Gasteiger partial charge in [0.2, 0.25) is 0 Å². The van der Waals surface area contributed by atoms with Gasteiger partial charge in [0.25, 0.3) is 0 Å². The standard InChI is InChI=1S/C10H20F3NO/c1-8(2)14-5-9(3,4)6-15-7-10(11,12)13/h8,14H,5-7H2,1-4H3. The van der Waals surface area contributed by atoms with Crippen LogP contribution in [-0.4, -0.2) is 32.0 Å². The first-order chi connectivity index (χ1) is 6.62. The summed E-state index contributed by atoms with van der Waals surface area (Å²) in [6.45, 7) is 7.31. The van der Waals surface area contributed by atoms with Crippen LogP contribution < -0.4 is 5.32 Å². The molecule has 0 aromatic rings. The maximum atomic E-state index is 11.8. The molecular formula is C10H20F3NO. The summed E-state index contributed by atoms with van der Waals surface area (Å²) in [5, 5.41) is 3.17. The third-order valence-corrected chi connectivity index (χ3v) is 1.75. The number of nitrogens with one attached hydrogen (secondary N) is 1. The molecule has 0 amide bonds. The minimum atomic E-state index is -4.23. The molecule has 0 aromatic heterocycles. The third-order valence-electron chi connectivity index (χ3n) is 1.75. The van der Waals surface area contributed by atoms with Crippen molar-refractivity contribution in [1.29, 1.82) is 0 Å². The van der Waals surface area contributed by atoms with E-state index in [2.05, 4.69) is 10.1 Å². The highest BCUT2D eigenvalue weighted by molar-refractivity contribution is 4.72. The molecule has 92 valence electrons. The number of alkyl halides is 3. The van der Waals surface area contributed by atoms with Crippen LogP contribution in [-0.2, 0) is 4.74 Å². The largest absolute Gasteiger partial charge is 0.411 e. The molecule has 0 saturated carbocycles. The van der Waals surface area contributed by atoms with Crippen molar-refractivity contribution in [3.63, 3.8) is 0 Å². The van der Waals surface area contributed by atoms with Crippen LogP contribution in [0.1, 0.15) is 27.7 Å². The van der Waals surface area contributed by atoms with Crippen LogP contribution in [0.4, 0.5) is 13.2 Å². The Kier molecular flexibility index (Phi) is 5.59. The van der Waals surface area contributed by atoms with Crippen molar-refractivity contribution in [3.05, 3.63) is 0 Å². The molecule has 0 fully saturated rings. The lowest BCUT2D eigenvalue weighted by Gasteiger charge is -2.26. The highest BCUT2D eigenvalue weighted by Gasteiger charge is 2.29. The van der Waals surface area contributed by atoms with Gasteiger partial charge in [-0.2, -0.15) is 13.2 Å². The van der Waals surface area contributed by atoms with Gasteiger partial charge in [-0.1, -0.05) is 27.7 Å². The summed E-state index contributed by atoms with van der Waals surface area (Å²) in [5.74, 6) is 0. The first-order valence-electron chi connectivity index (χ1n) is 5.00. The molecule has 1 N–H and O–H groups in total. The van der Waals surface area contributed by atoms with Crippen LogP contribution in [0, 0.1) is 5.41 Å². The topological polar surface area (TPSA) is 21.3 Å². The lowest BCUT2D eigenvalue weighted by atomic mass is 9.94. The fraction of sp³-hybridized carbons (Fsp3) is 1.00. The molecule has 0 aliphatic carbocycles. The average molecular weight is 227 g/mol. The maximum absolute atomic E-state index is 11.8. The van der Waals surface area contributed by atoms with Gasteiger partial charge in [0.1, 0.15) is 6.61 Å². The first kappa shape index (κ1) is 14.7. The lowest BCUT2D eigenvalue weighted by Crippen LogP contribution is -2.37. The van der Waals surface area contributed by atoms with Gasteiger partial charge >= 0.3 is 6.18 Å². The van der Waals surface area contributed by atoms with Crippen molar-refractivity contribution < 1.29 is 17.9 Å². The molecule has 2 nitrogen and oxygen atoms in total. The molecule has 0 spiro atoms. The molecular weight excluding hydrogens is 207 g/mol. The zero-order valence-corrected chi connectivity index (χ0v) is 9.74. The molecule has 0 atom stereocenters. The smallest absolute Gasteiger partial charge is 0.371 e. The SMILES string of the molecule is CC(C)NCC(C)(C)COCC(F)(F)F. The Balaban J connectivity index is 3.74. The van der Waals surface area contributed by atoms with Crippen molar-refractivity contribution >= 4 is 0 Å². The summed E-state index contributed by atoms with van der Waals surface area (Å²) in [5.41, 5.74) is -0.282. The summed E-state index contributed by atoms with van der Waals surface area (Å²) in [6.07, 6.45) is -4.23. The third kappa shape index (κ3) is 10.0. The van der Waals surface area contributed by atoms with Crippen molar-refractivity contribution in [1.82, 2.24) is 5.32 Å². The van der Waals surface area contributed by atoms with Crippen LogP contribution >= 0.6 is 0 Å². The Bertz CT molecular complexity index is 178. The molecule has 0 aromatic carbocycles. The Morgan fingerprint density at radius 3 is 2.07 bits per heavy atom. The lowest BCUT2D eigenvalue weighted by molar-refractivity contribution is -0.179. The molecule has 0 radical (unpaired) electrons. The van der Waals surface area contributed by atoms with E-state index < -0.39 is 12.8 Å². The monoisotopic (exact) mass is 227 g/mol. The van der Waals surface area contributed by atoms with Gasteiger partial charge in [0.15, 0.2) is 0 Å². The van der Waals surface area contributed by atoms with E-state index in [0.29, 0.717) is 12.6 Å². The fourth-order valence-corrected chi connectivity index (χ4v) is 0.974. The second kappa shape index (κ2) is 5.70. The van der Waals surface area contributed by atoms with Crippen molar-refractivity contribution in [3.8, 4) is 0 Å². The predicted molar refractivity (Wildman–Crippen MR) is 53.8 cm³/mol. The summed E-state index contributed by atoms with van der Waals surface area (Å²) >= 11 is 0. The quantitative estimate of drug-likeness (QED) is 0.753. The van der Waals surface area contributed by atoms with Gasteiger partial charge in [-0.15, -0.1) is 0 Å². The summed E-state index contributed by atoms with van der Waals surface area (Å²) in [7, 11) is 0. The number of halogens is 3. The number of rotatable bonds is 6. The minimum Gasteiger partial charge on any atom is -0.371 e. The summed E-state index contributed by atoms with van der Waals surface area (Å²) in [4.78, 5) is 0. The normalized spacial score (nSPS) is 13.6. The van der Waals surface area contributed by atoms with Gasteiger partial charge in [-0.25, -0.2) is 0 Å². The van der Waals surface area contributed by atoms with Crippen molar-refractivity contribution in [2.45, 2.75) is 39.9 Å². The van der Waals surface area contributed by atoms with Crippen LogP contribution in [0.25, 0.3) is 0 Å². The molecule has 0 aliphatic rings. The van der Waals surface area contributed by atoms with Crippen molar-refractivity contribution in [2.24, 2.45) is 5.41 Å². The average Bonchev–Trinajstić information content (AvgIpc) is 1.98. The van der Waals surface area contributed by atoms with Gasteiger partial charge in [-0.3, -0.25) is 0 Å². The zero-order valence-electron chi connectivity index (χ0n) is 9.74. The minimum absolute atomic E-state index is 0.103. The van der Waals surface area contributed by atoms with Gasteiger partial charge in [0.05, 0.1) is 6.61 Å². The highest BCUT2D eigenvalue weighted by atomic mass is 19.4. The second-order valence-electron chi connectivity index (χ2n) is 4.81. The second-order valence-corrected chi connectivity index (χ2v) is 4.81.